The number of benzene rings is 1. The highest BCUT2D eigenvalue weighted by molar-refractivity contribution is 7.99. The van der Waals surface area contributed by atoms with Gasteiger partial charge in [0.2, 0.25) is 0 Å². The van der Waals surface area contributed by atoms with Crippen molar-refractivity contribution in [2.24, 2.45) is 5.73 Å². The molecule has 1 unspecified atom stereocenters. The van der Waals surface area contributed by atoms with E-state index in [-0.39, 0.29) is 6.04 Å². The third kappa shape index (κ3) is 3.68. The Labute approximate surface area is 88.9 Å². The van der Waals surface area contributed by atoms with Gasteiger partial charge in [0.1, 0.15) is 6.67 Å². The lowest BCUT2D eigenvalue weighted by Gasteiger charge is -2.07. The van der Waals surface area contributed by atoms with E-state index in [1.807, 2.05) is 12.1 Å². The second-order valence-electron chi connectivity index (χ2n) is 3.20. The van der Waals surface area contributed by atoms with Crippen molar-refractivity contribution in [1.29, 1.82) is 0 Å². The quantitative estimate of drug-likeness (QED) is 0.761. The Morgan fingerprint density at radius 2 is 2.00 bits per heavy atom. The fraction of sp³-hybridized carbons (Fsp3) is 0.455. The van der Waals surface area contributed by atoms with E-state index in [0.717, 1.165) is 11.3 Å². The molecule has 0 aromatic heterocycles. The van der Waals surface area contributed by atoms with Gasteiger partial charge in [-0.15, -0.1) is 11.8 Å². The van der Waals surface area contributed by atoms with Crippen LogP contribution in [0.25, 0.3) is 0 Å². The summed E-state index contributed by atoms with van der Waals surface area (Å²) < 4.78 is 12.1. The molecular weight excluding hydrogens is 197 g/mol. The van der Waals surface area contributed by atoms with Gasteiger partial charge in [0, 0.05) is 10.9 Å². The zero-order valence-corrected chi connectivity index (χ0v) is 9.19. The number of hydrogen-bond donors (Lipinski definition) is 1. The normalized spacial score (nSPS) is 12.8. The summed E-state index contributed by atoms with van der Waals surface area (Å²) in [6.45, 7) is 1.67. The minimum absolute atomic E-state index is 0.361. The van der Waals surface area contributed by atoms with Gasteiger partial charge < -0.3 is 5.73 Å². The van der Waals surface area contributed by atoms with Crippen molar-refractivity contribution in [1.82, 2.24) is 0 Å². The van der Waals surface area contributed by atoms with Crippen molar-refractivity contribution in [3.8, 4) is 0 Å². The van der Waals surface area contributed by atoms with Crippen LogP contribution in [-0.2, 0) is 6.42 Å². The summed E-state index contributed by atoms with van der Waals surface area (Å²) in [6.07, 6.45) is 0.619. The molecule has 0 amide bonds. The molecule has 1 nitrogen and oxygen atoms in total. The molecule has 0 radical (unpaired) electrons. The van der Waals surface area contributed by atoms with Crippen LogP contribution in [-0.4, -0.2) is 18.5 Å². The van der Waals surface area contributed by atoms with Gasteiger partial charge in [0.25, 0.3) is 0 Å². The van der Waals surface area contributed by atoms with Crippen molar-refractivity contribution in [2.45, 2.75) is 24.3 Å². The predicted octanol–water partition coefficient (Wildman–Crippen LogP) is 2.64. The van der Waals surface area contributed by atoms with Gasteiger partial charge >= 0.3 is 0 Å². The van der Waals surface area contributed by atoms with Gasteiger partial charge in [0.15, 0.2) is 0 Å². The largest absolute Gasteiger partial charge is 0.325 e. The maximum absolute atomic E-state index is 12.1. The average molecular weight is 213 g/mol. The molecular formula is C11H16FNS. The Balaban J connectivity index is 2.54. The molecule has 78 valence electrons. The average Bonchev–Trinajstić information content (AvgIpc) is 2.21. The maximum atomic E-state index is 12.1. The lowest BCUT2D eigenvalue weighted by molar-refractivity contribution is 0.427. The zero-order chi connectivity index (χ0) is 10.4. The first kappa shape index (κ1) is 11.5. The molecule has 1 atom stereocenters. The molecule has 2 N–H and O–H groups in total. The van der Waals surface area contributed by atoms with Crippen LogP contribution in [0.3, 0.4) is 0 Å². The van der Waals surface area contributed by atoms with Crippen LogP contribution in [0.2, 0.25) is 0 Å². The van der Waals surface area contributed by atoms with E-state index >= 15 is 0 Å². The summed E-state index contributed by atoms with van der Waals surface area (Å²) in [5.74, 6) is 1.07. The number of rotatable bonds is 5. The standard InChI is InChI=1S/C11H16FNS/c1-2-14-11-5-3-9(4-6-11)7-10(13)8-12/h3-6,10H,2,7-8,13H2,1H3. The van der Waals surface area contributed by atoms with Crippen molar-refractivity contribution in [3.63, 3.8) is 0 Å². The van der Waals surface area contributed by atoms with E-state index in [0.29, 0.717) is 6.42 Å². The smallest absolute Gasteiger partial charge is 0.105 e. The summed E-state index contributed by atoms with van der Waals surface area (Å²) >= 11 is 1.80. The first-order valence-corrected chi connectivity index (χ1v) is 5.78. The van der Waals surface area contributed by atoms with Crippen LogP contribution in [0.5, 0.6) is 0 Å². The number of halogens is 1. The number of hydrogen-bond acceptors (Lipinski definition) is 2. The summed E-state index contributed by atoms with van der Waals surface area (Å²) in [6, 6.07) is 7.81. The van der Waals surface area contributed by atoms with Crippen LogP contribution in [0.4, 0.5) is 4.39 Å². The maximum Gasteiger partial charge on any atom is 0.105 e. The monoisotopic (exact) mass is 213 g/mol. The molecule has 1 aromatic rings. The lowest BCUT2D eigenvalue weighted by atomic mass is 10.1. The van der Waals surface area contributed by atoms with Gasteiger partial charge in [-0.25, -0.2) is 4.39 Å². The van der Waals surface area contributed by atoms with Gasteiger partial charge in [-0.2, -0.15) is 0 Å². The highest BCUT2D eigenvalue weighted by Gasteiger charge is 2.02. The molecule has 0 heterocycles. The van der Waals surface area contributed by atoms with Crippen LogP contribution in [0.15, 0.2) is 29.2 Å². The number of nitrogens with two attached hydrogens (primary N) is 1. The van der Waals surface area contributed by atoms with E-state index in [9.17, 15) is 4.39 Å². The molecule has 0 saturated heterocycles. The summed E-state index contributed by atoms with van der Waals surface area (Å²) in [7, 11) is 0. The number of alkyl halides is 1. The summed E-state index contributed by atoms with van der Waals surface area (Å²) in [5, 5.41) is 0. The Morgan fingerprint density at radius 1 is 1.36 bits per heavy atom. The van der Waals surface area contributed by atoms with Crippen LogP contribution in [0.1, 0.15) is 12.5 Å². The van der Waals surface area contributed by atoms with Gasteiger partial charge in [0.05, 0.1) is 0 Å². The molecule has 14 heavy (non-hydrogen) atoms. The molecule has 1 rings (SSSR count). The van der Waals surface area contributed by atoms with Crippen LogP contribution >= 0.6 is 11.8 Å². The molecule has 0 aliphatic rings. The lowest BCUT2D eigenvalue weighted by Crippen LogP contribution is -2.24. The molecule has 0 fully saturated rings. The van der Waals surface area contributed by atoms with Crippen molar-refractivity contribution in [3.05, 3.63) is 29.8 Å². The van der Waals surface area contributed by atoms with E-state index in [1.54, 1.807) is 11.8 Å². The molecule has 0 aliphatic heterocycles. The van der Waals surface area contributed by atoms with Crippen LogP contribution < -0.4 is 5.73 Å². The third-order valence-corrected chi connectivity index (χ3v) is 2.82. The second kappa shape index (κ2) is 6.04. The van der Waals surface area contributed by atoms with E-state index in [4.69, 9.17) is 5.73 Å². The van der Waals surface area contributed by atoms with E-state index < -0.39 is 6.67 Å². The Bertz CT molecular complexity index is 260. The highest BCUT2D eigenvalue weighted by atomic mass is 32.2. The third-order valence-electron chi connectivity index (χ3n) is 1.93. The molecule has 0 bridgehead atoms. The molecule has 0 saturated carbocycles. The van der Waals surface area contributed by atoms with Gasteiger partial charge in [-0.1, -0.05) is 19.1 Å². The first-order valence-electron chi connectivity index (χ1n) is 4.79. The van der Waals surface area contributed by atoms with Crippen molar-refractivity contribution < 1.29 is 4.39 Å². The second-order valence-corrected chi connectivity index (χ2v) is 4.53. The molecule has 0 aliphatic carbocycles. The molecule has 3 heteroatoms. The minimum Gasteiger partial charge on any atom is -0.325 e. The van der Waals surface area contributed by atoms with Crippen molar-refractivity contribution in [2.75, 3.05) is 12.4 Å². The summed E-state index contributed by atoms with van der Waals surface area (Å²) in [4.78, 5) is 1.25. The number of thioether (sulfide) groups is 1. The fourth-order valence-electron chi connectivity index (χ4n) is 1.25. The van der Waals surface area contributed by atoms with E-state index in [2.05, 4.69) is 19.1 Å². The van der Waals surface area contributed by atoms with Gasteiger partial charge in [-0.3, -0.25) is 0 Å². The predicted molar refractivity (Wildman–Crippen MR) is 60.5 cm³/mol. The van der Waals surface area contributed by atoms with Crippen LogP contribution in [0, 0.1) is 0 Å². The SMILES string of the molecule is CCSc1ccc(CC(N)CF)cc1. The highest BCUT2D eigenvalue weighted by Crippen LogP contribution is 2.18. The van der Waals surface area contributed by atoms with E-state index in [1.165, 1.54) is 4.90 Å². The summed E-state index contributed by atoms with van der Waals surface area (Å²) in [5.41, 5.74) is 6.63. The van der Waals surface area contributed by atoms with Gasteiger partial charge in [-0.05, 0) is 29.9 Å². The topological polar surface area (TPSA) is 26.0 Å². The Morgan fingerprint density at radius 3 is 2.50 bits per heavy atom. The molecule has 0 spiro atoms. The minimum atomic E-state index is -0.453. The zero-order valence-electron chi connectivity index (χ0n) is 8.37. The molecule has 1 aromatic carbocycles. The first-order chi connectivity index (χ1) is 6.76. The fourth-order valence-corrected chi connectivity index (χ4v) is 1.91. The Kier molecular flexibility index (Phi) is 4.98. The Hall–Kier alpha value is -0.540. The van der Waals surface area contributed by atoms with Crippen molar-refractivity contribution >= 4 is 11.8 Å².